The van der Waals surface area contributed by atoms with Gasteiger partial charge in [0, 0.05) is 35.2 Å². The third-order valence-corrected chi connectivity index (χ3v) is 7.99. The van der Waals surface area contributed by atoms with Crippen molar-refractivity contribution in [2.24, 2.45) is 11.8 Å². The number of nitrogens with zero attached hydrogens (tertiary/aromatic N) is 1. The van der Waals surface area contributed by atoms with Crippen LogP contribution in [0.25, 0.3) is 11.1 Å². The Labute approximate surface area is 238 Å². The number of hydrogen-bond donors (Lipinski definition) is 1. The van der Waals surface area contributed by atoms with Crippen molar-refractivity contribution in [2.45, 2.75) is 38.9 Å². The van der Waals surface area contributed by atoms with Gasteiger partial charge >= 0.3 is 5.97 Å². The van der Waals surface area contributed by atoms with Gasteiger partial charge in [0.2, 0.25) is 5.88 Å². The standard InChI is InChI=1S/C34H32FNO5/c1-21-27(11-13-31(36-21)40-15-5-14-39-19-22-6-3-2-4-7-22)23-8-12-30(35)25(16-23)20-41-26-9-10-28-24(17-26)18-29-32(28)33(29)34(37)38/h2-4,6-13,16-17,29,32-33H,5,14-15,18-20H2,1H3,(H,37,38)/t29-,32+,33+/m1/s1. The number of halogens is 1. The van der Waals surface area contributed by atoms with Gasteiger partial charge in [0.25, 0.3) is 0 Å². The smallest absolute Gasteiger partial charge is 0.307 e. The Balaban J connectivity index is 1.02. The average Bonchev–Trinajstić information content (AvgIpc) is 3.57. The van der Waals surface area contributed by atoms with Crippen molar-refractivity contribution in [2.75, 3.05) is 13.2 Å². The van der Waals surface area contributed by atoms with Crippen LogP contribution in [0.2, 0.25) is 0 Å². The first-order valence-electron chi connectivity index (χ1n) is 14.0. The van der Waals surface area contributed by atoms with Crippen LogP contribution in [0.4, 0.5) is 4.39 Å². The van der Waals surface area contributed by atoms with Crippen LogP contribution < -0.4 is 9.47 Å². The summed E-state index contributed by atoms with van der Waals surface area (Å²) in [5, 5.41) is 9.33. The summed E-state index contributed by atoms with van der Waals surface area (Å²) in [7, 11) is 0. The van der Waals surface area contributed by atoms with E-state index in [9.17, 15) is 14.3 Å². The highest BCUT2D eigenvalue weighted by Gasteiger charge is 2.59. The molecule has 1 saturated carbocycles. The fourth-order valence-electron chi connectivity index (χ4n) is 5.86. The lowest BCUT2D eigenvalue weighted by Crippen LogP contribution is -2.05. The molecule has 0 bridgehead atoms. The summed E-state index contributed by atoms with van der Waals surface area (Å²) in [6, 6.07) is 24.6. The number of aryl methyl sites for hydroxylation is 1. The van der Waals surface area contributed by atoms with Crippen molar-refractivity contribution >= 4 is 5.97 Å². The van der Waals surface area contributed by atoms with E-state index in [1.54, 1.807) is 12.1 Å². The number of fused-ring (bicyclic) bond motifs is 3. The molecule has 1 heterocycles. The molecule has 0 unspecified atom stereocenters. The van der Waals surface area contributed by atoms with Crippen molar-refractivity contribution in [1.82, 2.24) is 4.98 Å². The lowest BCUT2D eigenvalue weighted by molar-refractivity contribution is -0.139. The monoisotopic (exact) mass is 553 g/mol. The number of hydrogen-bond acceptors (Lipinski definition) is 5. The minimum Gasteiger partial charge on any atom is -0.489 e. The van der Waals surface area contributed by atoms with Gasteiger partial charge in [-0.25, -0.2) is 9.37 Å². The molecule has 0 aliphatic heterocycles. The summed E-state index contributed by atoms with van der Waals surface area (Å²) in [6.45, 7) is 3.69. The predicted octanol–water partition coefficient (Wildman–Crippen LogP) is 6.73. The highest BCUT2D eigenvalue weighted by atomic mass is 19.1. The fourth-order valence-corrected chi connectivity index (χ4v) is 5.86. The molecular formula is C34H32FNO5. The second-order valence-electron chi connectivity index (χ2n) is 10.7. The number of carbonyl (C=O) groups is 1. The topological polar surface area (TPSA) is 77.9 Å². The van der Waals surface area contributed by atoms with Gasteiger partial charge in [-0.3, -0.25) is 4.79 Å². The Morgan fingerprint density at radius 1 is 0.976 bits per heavy atom. The van der Waals surface area contributed by atoms with E-state index < -0.39 is 5.97 Å². The van der Waals surface area contributed by atoms with E-state index in [1.165, 1.54) is 6.07 Å². The molecule has 3 aromatic carbocycles. The number of ether oxygens (including phenoxy) is 3. The van der Waals surface area contributed by atoms with Crippen LogP contribution in [-0.2, 0) is 29.2 Å². The number of aromatic nitrogens is 1. The molecule has 1 aromatic heterocycles. The third-order valence-electron chi connectivity index (χ3n) is 7.99. The van der Waals surface area contributed by atoms with Crippen LogP contribution in [-0.4, -0.2) is 29.3 Å². The molecule has 3 atom stereocenters. The summed E-state index contributed by atoms with van der Waals surface area (Å²) < 4.78 is 32.2. The zero-order chi connectivity index (χ0) is 28.3. The van der Waals surface area contributed by atoms with Crippen LogP contribution in [0.3, 0.4) is 0 Å². The lowest BCUT2D eigenvalue weighted by atomic mass is 10.0. The summed E-state index contributed by atoms with van der Waals surface area (Å²) in [6.07, 6.45) is 1.51. The van der Waals surface area contributed by atoms with Crippen LogP contribution >= 0.6 is 0 Å². The van der Waals surface area contributed by atoms with Crippen molar-refractivity contribution in [1.29, 1.82) is 0 Å². The Morgan fingerprint density at radius 2 is 1.83 bits per heavy atom. The molecule has 6 rings (SSSR count). The van der Waals surface area contributed by atoms with Gasteiger partial charge in [-0.05, 0) is 71.8 Å². The Kier molecular flexibility index (Phi) is 7.70. The molecule has 6 nitrogen and oxygen atoms in total. The minimum absolute atomic E-state index is 0.0864. The largest absolute Gasteiger partial charge is 0.489 e. The van der Waals surface area contributed by atoms with Crippen molar-refractivity contribution in [3.05, 3.63) is 113 Å². The van der Waals surface area contributed by atoms with Crippen molar-refractivity contribution < 1.29 is 28.5 Å². The van der Waals surface area contributed by atoms with Crippen LogP contribution in [0.5, 0.6) is 11.6 Å². The first-order valence-corrected chi connectivity index (χ1v) is 14.0. The van der Waals surface area contributed by atoms with Gasteiger partial charge in [-0.2, -0.15) is 0 Å². The van der Waals surface area contributed by atoms with Gasteiger partial charge in [0.1, 0.15) is 18.2 Å². The SMILES string of the molecule is Cc1nc(OCCCOCc2ccccc2)ccc1-c1ccc(F)c(COc2ccc3c(c2)C[C@H]2[C@H](C(=O)O)[C@@H]32)c1. The first-order chi connectivity index (χ1) is 20.0. The molecule has 0 radical (unpaired) electrons. The van der Waals surface area contributed by atoms with Gasteiger partial charge < -0.3 is 19.3 Å². The van der Waals surface area contributed by atoms with Crippen LogP contribution in [0.1, 0.15) is 40.3 Å². The number of carboxylic acids is 1. The van der Waals surface area contributed by atoms with Crippen molar-refractivity contribution in [3.8, 4) is 22.8 Å². The maximum Gasteiger partial charge on any atom is 0.307 e. The molecule has 7 heteroatoms. The Hall–Kier alpha value is -4.23. The second kappa shape index (κ2) is 11.7. The average molecular weight is 554 g/mol. The molecule has 210 valence electrons. The van der Waals surface area contributed by atoms with E-state index >= 15 is 0 Å². The molecule has 0 saturated heterocycles. The quantitative estimate of drug-likeness (QED) is 0.196. The molecule has 1 fully saturated rings. The summed E-state index contributed by atoms with van der Waals surface area (Å²) in [5.74, 6) is 0.220. The molecule has 2 aliphatic carbocycles. The third kappa shape index (κ3) is 5.95. The maximum atomic E-state index is 14.7. The molecule has 41 heavy (non-hydrogen) atoms. The van der Waals surface area contributed by atoms with E-state index in [4.69, 9.17) is 14.2 Å². The molecule has 4 aromatic rings. The van der Waals surface area contributed by atoms with Gasteiger partial charge in [0.05, 0.1) is 25.7 Å². The van der Waals surface area contributed by atoms with Gasteiger partial charge in [-0.1, -0.05) is 42.5 Å². The summed E-state index contributed by atoms with van der Waals surface area (Å²) in [5.41, 5.74) is 6.38. The number of rotatable bonds is 12. The molecule has 1 N–H and O–H groups in total. The van der Waals surface area contributed by atoms with E-state index in [1.807, 2.05) is 67.6 Å². The molecule has 0 spiro atoms. The van der Waals surface area contributed by atoms with E-state index in [0.717, 1.165) is 46.4 Å². The Morgan fingerprint density at radius 3 is 2.63 bits per heavy atom. The van der Waals surface area contributed by atoms with Gasteiger partial charge in [-0.15, -0.1) is 0 Å². The van der Waals surface area contributed by atoms with Crippen molar-refractivity contribution in [3.63, 3.8) is 0 Å². The highest BCUT2D eigenvalue weighted by Crippen LogP contribution is 2.61. The number of aliphatic carboxylic acids is 1. The fraction of sp³-hybridized carbons (Fsp3) is 0.294. The van der Waals surface area contributed by atoms with E-state index in [2.05, 4.69) is 4.98 Å². The number of pyridine rings is 1. The molecular weight excluding hydrogens is 521 g/mol. The summed E-state index contributed by atoms with van der Waals surface area (Å²) in [4.78, 5) is 15.9. The zero-order valence-electron chi connectivity index (χ0n) is 22.9. The lowest BCUT2D eigenvalue weighted by Gasteiger charge is -2.13. The van der Waals surface area contributed by atoms with Gasteiger partial charge in [0.15, 0.2) is 0 Å². The van der Waals surface area contributed by atoms with E-state index in [0.29, 0.717) is 37.0 Å². The number of benzene rings is 3. The van der Waals surface area contributed by atoms with Crippen LogP contribution in [0.15, 0.2) is 78.9 Å². The minimum atomic E-state index is -0.714. The van der Waals surface area contributed by atoms with Crippen LogP contribution in [0, 0.1) is 24.6 Å². The number of carboxylic acid groups (broad SMARTS) is 1. The zero-order valence-corrected chi connectivity index (χ0v) is 22.9. The predicted molar refractivity (Wildman–Crippen MR) is 152 cm³/mol. The van der Waals surface area contributed by atoms with E-state index in [-0.39, 0.29) is 30.2 Å². The molecule has 0 amide bonds. The Bertz CT molecular complexity index is 1560. The highest BCUT2D eigenvalue weighted by molar-refractivity contribution is 5.78. The molecule has 2 aliphatic rings. The maximum absolute atomic E-state index is 14.7. The first kappa shape index (κ1) is 27.0. The second-order valence-corrected chi connectivity index (χ2v) is 10.7. The summed E-state index contributed by atoms with van der Waals surface area (Å²) >= 11 is 0. The normalized spacial score (nSPS) is 18.4.